The van der Waals surface area contributed by atoms with Gasteiger partial charge in [-0.1, -0.05) is 19.1 Å². The summed E-state index contributed by atoms with van der Waals surface area (Å²) in [5, 5.41) is 12.8. The monoisotopic (exact) mass is 398 g/mol. The van der Waals surface area contributed by atoms with Crippen molar-refractivity contribution in [2.45, 2.75) is 19.4 Å². The molecule has 1 aliphatic rings. The van der Waals surface area contributed by atoms with E-state index in [1.54, 1.807) is 24.3 Å². The van der Waals surface area contributed by atoms with E-state index in [9.17, 15) is 9.90 Å². The van der Waals surface area contributed by atoms with Gasteiger partial charge in [-0.15, -0.1) is 0 Å². The third-order valence-corrected chi connectivity index (χ3v) is 5.12. The molecule has 0 saturated carbocycles. The number of aliphatic hydroxyl groups is 1. The van der Waals surface area contributed by atoms with Crippen molar-refractivity contribution >= 4 is 17.4 Å². The molecule has 0 aromatic heterocycles. The van der Waals surface area contributed by atoms with Gasteiger partial charge in [0, 0.05) is 44.1 Å². The molecular weight excluding hydrogens is 368 g/mol. The fourth-order valence-electron chi connectivity index (χ4n) is 3.45. The molecule has 1 heterocycles. The number of anilines is 2. The molecule has 0 bridgehead atoms. The number of β-amino-alcohol motifs (C(OH)–C–C–N with tert-alkyl or cyclic N) is 1. The lowest BCUT2D eigenvalue weighted by atomic mass is 10.1. The fourth-order valence-corrected chi connectivity index (χ4v) is 3.45. The van der Waals surface area contributed by atoms with Crippen LogP contribution < -0.4 is 20.7 Å². The van der Waals surface area contributed by atoms with Crippen molar-refractivity contribution in [1.29, 1.82) is 0 Å². The van der Waals surface area contributed by atoms with Crippen LogP contribution in [-0.2, 0) is 6.42 Å². The van der Waals surface area contributed by atoms with Gasteiger partial charge in [0.25, 0.3) is 0 Å². The van der Waals surface area contributed by atoms with Crippen LogP contribution in [0.3, 0.4) is 0 Å². The summed E-state index contributed by atoms with van der Waals surface area (Å²) in [5.41, 5.74) is 8.31. The molecular formula is C22H30N4O3. The maximum absolute atomic E-state index is 10.8. The summed E-state index contributed by atoms with van der Waals surface area (Å²) in [6.07, 6.45) is 0.497. The number of piperazine rings is 1. The number of nitrogens with two attached hydrogens (primary N) is 1. The largest absolute Gasteiger partial charge is 0.491 e. The van der Waals surface area contributed by atoms with E-state index in [0.717, 1.165) is 32.6 Å². The van der Waals surface area contributed by atoms with E-state index < -0.39 is 12.1 Å². The lowest BCUT2D eigenvalue weighted by molar-refractivity contribution is 0.0663. The molecule has 0 unspecified atom stereocenters. The Labute approximate surface area is 172 Å². The van der Waals surface area contributed by atoms with Crippen LogP contribution in [0.15, 0.2) is 48.5 Å². The Morgan fingerprint density at radius 1 is 1.10 bits per heavy atom. The number of carbonyl (C=O) groups excluding carboxylic acids is 1. The zero-order valence-electron chi connectivity index (χ0n) is 16.9. The van der Waals surface area contributed by atoms with Crippen LogP contribution in [0, 0.1) is 0 Å². The average Bonchev–Trinajstić information content (AvgIpc) is 2.73. The normalized spacial score (nSPS) is 15.7. The molecule has 0 spiro atoms. The van der Waals surface area contributed by atoms with Crippen molar-refractivity contribution in [2.75, 3.05) is 49.5 Å². The predicted molar refractivity (Wildman–Crippen MR) is 116 cm³/mol. The summed E-state index contributed by atoms with van der Waals surface area (Å²) in [4.78, 5) is 15.5. The van der Waals surface area contributed by atoms with Gasteiger partial charge in [-0.05, 0) is 48.4 Å². The minimum atomic E-state index is -0.604. The third kappa shape index (κ3) is 6.37. The van der Waals surface area contributed by atoms with Crippen LogP contribution in [0.25, 0.3) is 0 Å². The molecule has 0 radical (unpaired) electrons. The number of nitrogens with one attached hydrogen (secondary N) is 1. The molecule has 2 amide bonds. The van der Waals surface area contributed by atoms with E-state index in [0.29, 0.717) is 18.0 Å². The fraction of sp³-hybridized carbons (Fsp3) is 0.409. The van der Waals surface area contributed by atoms with Crippen molar-refractivity contribution in [3.63, 3.8) is 0 Å². The molecule has 3 rings (SSSR count). The average molecular weight is 399 g/mol. The first-order valence-corrected chi connectivity index (χ1v) is 10.1. The van der Waals surface area contributed by atoms with E-state index in [4.69, 9.17) is 10.5 Å². The lowest BCUT2D eigenvalue weighted by Crippen LogP contribution is -2.49. The first-order chi connectivity index (χ1) is 14.0. The van der Waals surface area contributed by atoms with Gasteiger partial charge in [0.2, 0.25) is 0 Å². The topological polar surface area (TPSA) is 91.1 Å². The zero-order valence-corrected chi connectivity index (χ0v) is 16.9. The highest BCUT2D eigenvalue weighted by atomic mass is 16.5. The number of amides is 2. The number of aryl methyl sites for hydroxylation is 1. The number of aliphatic hydroxyl groups excluding tert-OH is 1. The van der Waals surface area contributed by atoms with Gasteiger partial charge in [0.15, 0.2) is 0 Å². The number of primary amides is 1. The lowest BCUT2D eigenvalue weighted by Gasteiger charge is -2.37. The second kappa shape index (κ2) is 10.1. The van der Waals surface area contributed by atoms with Crippen molar-refractivity contribution in [2.24, 2.45) is 5.73 Å². The number of nitrogens with zero attached hydrogens (tertiary/aromatic N) is 2. The first kappa shape index (κ1) is 21.0. The van der Waals surface area contributed by atoms with Crippen LogP contribution in [-0.4, -0.2) is 61.5 Å². The zero-order chi connectivity index (χ0) is 20.6. The number of benzene rings is 2. The van der Waals surface area contributed by atoms with Crippen LogP contribution in [0.1, 0.15) is 12.5 Å². The molecule has 0 aliphatic carbocycles. The summed E-state index contributed by atoms with van der Waals surface area (Å²) >= 11 is 0. The molecule has 1 saturated heterocycles. The number of hydrogen-bond acceptors (Lipinski definition) is 5. The maximum atomic E-state index is 10.8. The highest BCUT2D eigenvalue weighted by Gasteiger charge is 2.19. The summed E-state index contributed by atoms with van der Waals surface area (Å²) in [7, 11) is 0. The highest BCUT2D eigenvalue weighted by Crippen LogP contribution is 2.18. The summed E-state index contributed by atoms with van der Waals surface area (Å²) in [6.45, 7) is 6.71. The second-order valence-electron chi connectivity index (χ2n) is 7.29. The Hall–Kier alpha value is -2.77. The summed E-state index contributed by atoms with van der Waals surface area (Å²) < 4.78 is 5.65. The molecule has 1 atom stereocenters. The van der Waals surface area contributed by atoms with E-state index in [1.165, 1.54) is 11.3 Å². The number of ether oxygens (including phenoxy) is 1. The van der Waals surface area contributed by atoms with E-state index in [1.807, 2.05) is 0 Å². The second-order valence-corrected chi connectivity index (χ2v) is 7.29. The molecule has 4 N–H and O–H groups in total. The number of rotatable bonds is 8. The Balaban J connectivity index is 1.39. The van der Waals surface area contributed by atoms with E-state index in [2.05, 4.69) is 46.3 Å². The molecule has 7 heteroatoms. The Bertz CT molecular complexity index is 772. The van der Waals surface area contributed by atoms with Crippen molar-refractivity contribution < 1.29 is 14.6 Å². The Morgan fingerprint density at radius 2 is 1.76 bits per heavy atom. The molecule has 1 fully saturated rings. The van der Waals surface area contributed by atoms with Gasteiger partial charge in [-0.3, -0.25) is 4.90 Å². The Kier molecular flexibility index (Phi) is 7.32. The van der Waals surface area contributed by atoms with Crippen LogP contribution >= 0.6 is 0 Å². The smallest absolute Gasteiger partial charge is 0.316 e. The number of urea groups is 1. The van der Waals surface area contributed by atoms with E-state index in [-0.39, 0.29) is 6.61 Å². The maximum Gasteiger partial charge on any atom is 0.316 e. The number of hydrogen-bond donors (Lipinski definition) is 3. The number of carbonyl (C=O) groups is 1. The van der Waals surface area contributed by atoms with E-state index >= 15 is 0 Å². The van der Waals surface area contributed by atoms with Crippen LogP contribution in [0.4, 0.5) is 16.2 Å². The molecule has 7 nitrogen and oxygen atoms in total. The third-order valence-electron chi connectivity index (χ3n) is 5.12. The minimum absolute atomic E-state index is 0.224. The summed E-state index contributed by atoms with van der Waals surface area (Å²) in [6, 6.07) is 15.1. The van der Waals surface area contributed by atoms with Gasteiger partial charge in [0.05, 0.1) is 0 Å². The first-order valence-electron chi connectivity index (χ1n) is 10.1. The van der Waals surface area contributed by atoms with Gasteiger partial charge < -0.3 is 25.8 Å². The Morgan fingerprint density at radius 3 is 2.34 bits per heavy atom. The van der Waals surface area contributed by atoms with Crippen LogP contribution in [0.5, 0.6) is 5.75 Å². The van der Waals surface area contributed by atoms with Crippen molar-refractivity contribution in [3.8, 4) is 5.75 Å². The molecule has 29 heavy (non-hydrogen) atoms. The summed E-state index contributed by atoms with van der Waals surface area (Å²) in [5.74, 6) is 0.638. The molecule has 156 valence electrons. The highest BCUT2D eigenvalue weighted by molar-refractivity contribution is 5.87. The van der Waals surface area contributed by atoms with Crippen molar-refractivity contribution in [1.82, 2.24) is 4.90 Å². The molecule has 2 aromatic rings. The molecule has 1 aliphatic heterocycles. The van der Waals surface area contributed by atoms with Gasteiger partial charge in [-0.25, -0.2) is 4.79 Å². The van der Waals surface area contributed by atoms with Gasteiger partial charge >= 0.3 is 6.03 Å². The predicted octanol–water partition coefficient (Wildman–Crippen LogP) is 2.30. The quantitative estimate of drug-likeness (QED) is 0.635. The van der Waals surface area contributed by atoms with Gasteiger partial charge in [0.1, 0.15) is 18.5 Å². The standard InChI is InChI=1S/C22H30N4O3/c1-2-17-3-7-19(8-4-17)26-13-11-25(12-14-26)15-20(27)16-29-21-9-5-18(6-10-21)24-22(23)28/h3-10,20,27H,2,11-16H2,1H3,(H3,23,24,28)/t20-/m1/s1. The minimum Gasteiger partial charge on any atom is -0.491 e. The SMILES string of the molecule is CCc1ccc(N2CCN(C[C@@H](O)COc3ccc(NC(N)=O)cc3)CC2)cc1. The molecule has 2 aromatic carbocycles. The van der Waals surface area contributed by atoms with Gasteiger partial charge in [-0.2, -0.15) is 0 Å². The van der Waals surface area contributed by atoms with Crippen molar-refractivity contribution in [3.05, 3.63) is 54.1 Å². The van der Waals surface area contributed by atoms with Crippen LogP contribution in [0.2, 0.25) is 0 Å².